The van der Waals surface area contributed by atoms with Crippen molar-refractivity contribution in [3.63, 3.8) is 0 Å². The highest BCUT2D eigenvalue weighted by molar-refractivity contribution is 7.86. The molecule has 0 saturated carbocycles. The average Bonchev–Trinajstić information content (AvgIpc) is 2.07. The van der Waals surface area contributed by atoms with Gasteiger partial charge in [-0.15, -0.1) is 0 Å². The van der Waals surface area contributed by atoms with E-state index in [0.717, 1.165) is 5.56 Å². The molecular weight excluding hydrogens is 204 g/mol. The van der Waals surface area contributed by atoms with Gasteiger partial charge in [-0.25, -0.2) is 0 Å². The van der Waals surface area contributed by atoms with Crippen LogP contribution in [0.2, 0.25) is 0 Å². The predicted octanol–water partition coefficient (Wildman–Crippen LogP) is 1.03. The quantitative estimate of drug-likeness (QED) is 0.761. The first-order chi connectivity index (χ1) is 6.45. The van der Waals surface area contributed by atoms with Gasteiger partial charge < -0.3 is 0 Å². The van der Waals surface area contributed by atoms with E-state index in [-0.39, 0.29) is 5.56 Å². The van der Waals surface area contributed by atoms with Gasteiger partial charge in [-0.2, -0.15) is 8.42 Å². The largest absolute Gasteiger partial charge is 0.289 e. The van der Waals surface area contributed by atoms with E-state index in [9.17, 15) is 13.2 Å². The van der Waals surface area contributed by atoms with Crippen molar-refractivity contribution in [3.05, 3.63) is 35.4 Å². The van der Waals surface area contributed by atoms with Crippen molar-refractivity contribution in [2.75, 3.05) is 0 Å². The molecular formula is C9H9O4S. The normalized spacial score (nSPS) is 13.6. The predicted molar refractivity (Wildman–Crippen MR) is 51.2 cm³/mol. The van der Waals surface area contributed by atoms with Crippen molar-refractivity contribution in [1.82, 2.24) is 0 Å². The summed E-state index contributed by atoms with van der Waals surface area (Å²) in [6.45, 7) is 1.83. The molecule has 0 fully saturated rings. The molecule has 1 N–H and O–H groups in total. The molecule has 1 unspecified atom stereocenters. The maximum absolute atomic E-state index is 10.7. The lowest BCUT2D eigenvalue weighted by atomic mass is 10.1. The number of benzene rings is 1. The van der Waals surface area contributed by atoms with Gasteiger partial charge in [0.2, 0.25) is 6.29 Å². The fourth-order valence-electron chi connectivity index (χ4n) is 1.04. The van der Waals surface area contributed by atoms with Crippen molar-refractivity contribution in [1.29, 1.82) is 0 Å². The van der Waals surface area contributed by atoms with E-state index in [1.807, 2.05) is 6.92 Å². The minimum Gasteiger partial charge on any atom is -0.289 e. The van der Waals surface area contributed by atoms with Crippen LogP contribution >= 0.6 is 0 Å². The Morgan fingerprint density at radius 1 is 1.29 bits per heavy atom. The molecule has 0 aromatic heterocycles. The number of aryl methyl sites for hydroxylation is 1. The third-order valence-corrected chi connectivity index (χ3v) is 2.75. The summed E-state index contributed by atoms with van der Waals surface area (Å²) < 4.78 is 30.2. The Labute approximate surface area is 82.3 Å². The van der Waals surface area contributed by atoms with Gasteiger partial charge in [0, 0.05) is 0 Å². The lowest BCUT2D eigenvalue weighted by molar-refractivity contribution is 0.474. The van der Waals surface area contributed by atoms with Crippen molar-refractivity contribution < 1.29 is 17.8 Å². The van der Waals surface area contributed by atoms with Crippen LogP contribution in [0.5, 0.6) is 0 Å². The Bertz CT molecular complexity index is 419. The molecule has 4 nitrogen and oxygen atoms in total. The first-order valence-corrected chi connectivity index (χ1v) is 5.36. The van der Waals surface area contributed by atoms with E-state index in [2.05, 4.69) is 0 Å². The van der Waals surface area contributed by atoms with E-state index in [1.165, 1.54) is 18.4 Å². The third kappa shape index (κ3) is 2.40. The van der Waals surface area contributed by atoms with Crippen LogP contribution in [0.25, 0.3) is 0 Å². The van der Waals surface area contributed by atoms with Crippen molar-refractivity contribution in [2.45, 2.75) is 12.2 Å². The summed E-state index contributed by atoms with van der Waals surface area (Å²) in [6, 6.07) is 6.26. The minimum atomic E-state index is -4.40. The summed E-state index contributed by atoms with van der Waals surface area (Å²) >= 11 is 0. The second-order valence-electron chi connectivity index (χ2n) is 2.92. The Kier molecular flexibility index (Phi) is 3.03. The smallest absolute Gasteiger partial charge is 0.279 e. The number of hydrogen-bond acceptors (Lipinski definition) is 3. The number of hydrogen-bond donors (Lipinski definition) is 1. The molecule has 14 heavy (non-hydrogen) atoms. The molecule has 0 spiro atoms. The first kappa shape index (κ1) is 10.9. The fraction of sp³-hybridized carbons (Fsp3) is 0.222. The monoisotopic (exact) mass is 213 g/mol. The number of rotatable bonds is 3. The molecule has 75 valence electrons. The van der Waals surface area contributed by atoms with Crippen molar-refractivity contribution in [3.8, 4) is 0 Å². The Hall–Kier alpha value is -1.20. The van der Waals surface area contributed by atoms with Crippen LogP contribution in [-0.4, -0.2) is 19.3 Å². The molecule has 0 saturated heterocycles. The lowest BCUT2D eigenvalue weighted by Crippen LogP contribution is -2.13. The summed E-state index contributed by atoms with van der Waals surface area (Å²) in [5.74, 6) is 0. The van der Waals surface area contributed by atoms with Crippen molar-refractivity contribution >= 4 is 16.4 Å². The van der Waals surface area contributed by atoms with Gasteiger partial charge >= 0.3 is 0 Å². The average molecular weight is 213 g/mol. The van der Waals surface area contributed by atoms with Gasteiger partial charge in [0.05, 0.1) is 0 Å². The highest BCUT2D eigenvalue weighted by Crippen LogP contribution is 2.19. The zero-order chi connectivity index (χ0) is 10.8. The molecule has 0 aliphatic rings. The summed E-state index contributed by atoms with van der Waals surface area (Å²) in [4.78, 5) is 10.4. The van der Waals surface area contributed by atoms with Crippen LogP contribution in [-0.2, 0) is 14.9 Å². The highest BCUT2D eigenvalue weighted by Gasteiger charge is 2.25. The van der Waals surface area contributed by atoms with Gasteiger partial charge in [0.25, 0.3) is 10.1 Å². The third-order valence-electron chi connectivity index (χ3n) is 1.78. The second-order valence-corrected chi connectivity index (χ2v) is 4.42. The van der Waals surface area contributed by atoms with Gasteiger partial charge in [-0.3, -0.25) is 9.35 Å². The van der Waals surface area contributed by atoms with Crippen LogP contribution in [0.1, 0.15) is 16.4 Å². The Balaban J connectivity index is 3.15. The molecule has 0 amide bonds. The van der Waals surface area contributed by atoms with Crippen LogP contribution < -0.4 is 0 Å². The van der Waals surface area contributed by atoms with Gasteiger partial charge in [-0.1, -0.05) is 29.8 Å². The zero-order valence-corrected chi connectivity index (χ0v) is 8.28. The molecule has 1 atom stereocenters. The highest BCUT2D eigenvalue weighted by atomic mass is 32.2. The minimum absolute atomic E-state index is 0.216. The topological polar surface area (TPSA) is 71.4 Å². The molecule has 1 rings (SSSR count). The summed E-state index contributed by atoms with van der Waals surface area (Å²) in [5, 5.41) is -1.61. The molecule has 1 radical (unpaired) electrons. The van der Waals surface area contributed by atoms with E-state index in [4.69, 9.17) is 4.55 Å². The van der Waals surface area contributed by atoms with E-state index < -0.39 is 15.4 Å². The zero-order valence-electron chi connectivity index (χ0n) is 7.47. The summed E-state index contributed by atoms with van der Waals surface area (Å²) in [7, 11) is -4.40. The lowest BCUT2D eigenvalue weighted by Gasteiger charge is -2.05. The van der Waals surface area contributed by atoms with E-state index >= 15 is 0 Å². The van der Waals surface area contributed by atoms with Crippen LogP contribution in [0.15, 0.2) is 24.3 Å². The SMILES string of the molecule is Cc1ccc(C([C]=O)S(=O)(=O)O)cc1. The maximum atomic E-state index is 10.7. The molecule has 5 heteroatoms. The molecule has 1 aromatic rings. The second kappa shape index (κ2) is 3.89. The summed E-state index contributed by atoms with van der Waals surface area (Å²) in [6.07, 6.45) is 1.29. The van der Waals surface area contributed by atoms with E-state index in [1.54, 1.807) is 12.1 Å². The fourth-order valence-corrected chi connectivity index (χ4v) is 1.66. The van der Waals surface area contributed by atoms with Gasteiger partial charge in [-0.05, 0) is 12.5 Å². The molecule has 0 aliphatic carbocycles. The first-order valence-electron chi connectivity index (χ1n) is 3.85. The standard InChI is InChI=1S/C9H9O4S/c1-7-2-4-8(5-3-7)9(6-10)14(11,12)13/h2-5,9H,1H3,(H,11,12,13). The Morgan fingerprint density at radius 2 is 1.79 bits per heavy atom. The van der Waals surface area contributed by atoms with Crippen LogP contribution in [0, 0.1) is 6.92 Å². The Morgan fingerprint density at radius 3 is 2.14 bits per heavy atom. The van der Waals surface area contributed by atoms with Gasteiger partial charge in [0.1, 0.15) is 0 Å². The maximum Gasteiger partial charge on any atom is 0.279 e. The van der Waals surface area contributed by atoms with Crippen molar-refractivity contribution in [2.24, 2.45) is 0 Å². The van der Waals surface area contributed by atoms with E-state index in [0.29, 0.717) is 0 Å². The molecule has 0 aliphatic heterocycles. The van der Waals surface area contributed by atoms with Gasteiger partial charge in [0.15, 0.2) is 5.25 Å². The number of carbonyl (C=O) groups excluding carboxylic acids is 1. The molecule has 0 bridgehead atoms. The molecule has 1 aromatic carbocycles. The molecule has 0 heterocycles. The van der Waals surface area contributed by atoms with Crippen LogP contribution in [0.3, 0.4) is 0 Å². The summed E-state index contributed by atoms with van der Waals surface area (Å²) in [5.41, 5.74) is 1.15. The van der Waals surface area contributed by atoms with Crippen LogP contribution in [0.4, 0.5) is 0 Å².